The predicted octanol–water partition coefficient (Wildman–Crippen LogP) is 2.37. The highest BCUT2D eigenvalue weighted by atomic mass is 19.1. The number of rotatable bonds is 3. The summed E-state index contributed by atoms with van der Waals surface area (Å²) in [6, 6.07) is 6.95. The second-order valence-corrected chi connectivity index (χ2v) is 5.08. The normalized spacial score (nSPS) is 34.8. The van der Waals surface area contributed by atoms with Crippen molar-refractivity contribution in [3.05, 3.63) is 35.6 Å². The zero-order chi connectivity index (χ0) is 12.6. The maximum Gasteiger partial charge on any atom is 0.128 e. The number of hydrogen-bond donors (Lipinski definition) is 1. The maximum absolute atomic E-state index is 14.1. The lowest BCUT2D eigenvalue weighted by molar-refractivity contribution is 0.0144. The standard InChI is InChI=1S/C14H18FNO2/c1-2-17-11-7-10-9-18-16-14(10,8-11)12-5-3-4-6-13(12)15/h3-6,10-11,16H,2,7-9H2,1H3/t10?,11-,14?/m0/s1. The average molecular weight is 251 g/mol. The molecule has 0 bridgehead atoms. The second kappa shape index (κ2) is 4.61. The van der Waals surface area contributed by atoms with Gasteiger partial charge in [0, 0.05) is 18.1 Å². The summed E-state index contributed by atoms with van der Waals surface area (Å²) in [5.74, 6) is 0.114. The number of fused-ring (bicyclic) bond motifs is 1. The van der Waals surface area contributed by atoms with Gasteiger partial charge in [-0.15, -0.1) is 0 Å². The van der Waals surface area contributed by atoms with E-state index >= 15 is 0 Å². The van der Waals surface area contributed by atoms with Crippen LogP contribution < -0.4 is 5.48 Å². The SMILES string of the molecule is CCO[C@H]1CC2CONC2(c2ccccc2F)C1. The largest absolute Gasteiger partial charge is 0.378 e. The second-order valence-electron chi connectivity index (χ2n) is 5.08. The Morgan fingerprint density at radius 3 is 3.11 bits per heavy atom. The van der Waals surface area contributed by atoms with Crippen molar-refractivity contribution in [2.24, 2.45) is 5.92 Å². The van der Waals surface area contributed by atoms with Crippen LogP contribution in [0.25, 0.3) is 0 Å². The van der Waals surface area contributed by atoms with Crippen LogP contribution in [0.3, 0.4) is 0 Å². The summed E-state index contributed by atoms with van der Waals surface area (Å²) >= 11 is 0. The Kier molecular flexibility index (Phi) is 3.09. The molecule has 2 unspecified atom stereocenters. The van der Waals surface area contributed by atoms with E-state index in [0.29, 0.717) is 18.8 Å². The van der Waals surface area contributed by atoms with Gasteiger partial charge >= 0.3 is 0 Å². The lowest BCUT2D eigenvalue weighted by Crippen LogP contribution is -2.39. The molecule has 1 aliphatic heterocycles. The third kappa shape index (κ3) is 1.76. The van der Waals surface area contributed by atoms with Crippen LogP contribution in [0.15, 0.2) is 24.3 Å². The Bertz CT molecular complexity index is 440. The van der Waals surface area contributed by atoms with Crippen LogP contribution in [-0.2, 0) is 15.1 Å². The lowest BCUT2D eigenvalue weighted by atomic mass is 9.82. The van der Waals surface area contributed by atoms with Gasteiger partial charge in [0.25, 0.3) is 0 Å². The molecule has 1 saturated heterocycles. The van der Waals surface area contributed by atoms with E-state index in [-0.39, 0.29) is 17.8 Å². The van der Waals surface area contributed by atoms with Crippen molar-refractivity contribution in [1.29, 1.82) is 0 Å². The van der Waals surface area contributed by atoms with Gasteiger partial charge in [0.2, 0.25) is 0 Å². The van der Waals surface area contributed by atoms with Gasteiger partial charge < -0.3 is 9.57 Å². The zero-order valence-electron chi connectivity index (χ0n) is 10.5. The van der Waals surface area contributed by atoms with Crippen molar-refractivity contribution in [2.45, 2.75) is 31.4 Å². The highest BCUT2D eigenvalue weighted by Crippen LogP contribution is 2.48. The van der Waals surface area contributed by atoms with Gasteiger partial charge in [-0.1, -0.05) is 18.2 Å². The fraction of sp³-hybridized carbons (Fsp3) is 0.571. The fourth-order valence-electron chi connectivity index (χ4n) is 3.30. The summed E-state index contributed by atoms with van der Waals surface area (Å²) < 4.78 is 19.8. The molecular weight excluding hydrogens is 233 g/mol. The van der Waals surface area contributed by atoms with E-state index < -0.39 is 5.54 Å². The summed E-state index contributed by atoms with van der Waals surface area (Å²) in [5, 5.41) is 0. The Hall–Kier alpha value is -0.970. The van der Waals surface area contributed by atoms with Gasteiger partial charge in [-0.05, 0) is 25.8 Å². The van der Waals surface area contributed by atoms with Crippen molar-refractivity contribution in [3.63, 3.8) is 0 Å². The minimum absolute atomic E-state index is 0.169. The van der Waals surface area contributed by atoms with Gasteiger partial charge in [-0.3, -0.25) is 0 Å². The molecule has 0 radical (unpaired) electrons. The summed E-state index contributed by atoms with van der Waals surface area (Å²) in [6.45, 7) is 3.32. The molecule has 2 aliphatic rings. The van der Waals surface area contributed by atoms with Crippen molar-refractivity contribution >= 4 is 0 Å². The predicted molar refractivity (Wildman–Crippen MR) is 65.3 cm³/mol. The van der Waals surface area contributed by atoms with E-state index in [0.717, 1.165) is 12.8 Å². The first kappa shape index (κ1) is 12.1. The number of hydroxylamine groups is 1. The van der Waals surface area contributed by atoms with Crippen molar-refractivity contribution < 1.29 is 14.0 Å². The van der Waals surface area contributed by atoms with E-state index in [2.05, 4.69) is 5.48 Å². The molecule has 1 N–H and O–H groups in total. The first-order valence-corrected chi connectivity index (χ1v) is 6.52. The molecule has 98 valence electrons. The highest BCUT2D eigenvalue weighted by molar-refractivity contribution is 5.30. The molecule has 1 heterocycles. The van der Waals surface area contributed by atoms with E-state index in [1.165, 1.54) is 6.07 Å². The summed E-state index contributed by atoms with van der Waals surface area (Å²) in [6.07, 6.45) is 1.89. The third-order valence-electron chi connectivity index (χ3n) is 4.09. The van der Waals surface area contributed by atoms with E-state index in [1.807, 2.05) is 19.1 Å². The minimum Gasteiger partial charge on any atom is -0.378 e. The molecule has 1 aromatic carbocycles. The van der Waals surface area contributed by atoms with Gasteiger partial charge in [-0.25, -0.2) is 4.39 Å². The lowest BCUT2D eigenvalue weighted by Gasteiger charge is -2.28. The number of hydrogen-bond acceptors (Lipinski definition) is 3. The molecule has 2 fully saturated rings. The average Bonchev–Trinajstić information content (AvgIpc) is 2.87. The van der Waals surface area contributed by atoms with Crippen molar-refractivity contribution in [3.8, 4) is 0 Å². The van der Waals surface area contributed by atoms with Gasteiger partial charge in [0.1, 0.15) is 5.82 Å². The van der Waals surface area contributed by atoms with E-state index in [4.69, 9.17) is 9.57 Å². The van der Waals surface area contributed by atoms with Crippen LogP contribution in [0, 0.1) is 11.7 Å². The number of benzene rings is 1. The number of halogens is 1. The van der Waals surface area contributed by atoms with Crippen molar-refractivity contribution in [2.75, 3.05) is 13.2 Å². The molecule has 4 heteroatoms. The quantitative estimate of drug-likeness (QED) is 0.894. The molecule has 1 aromatic rings. The number of ether oxygens (including phenoxy) is 1. The monoisotopic (exact) mass is 251 g/mol. The summed E-state index contributed by atoms with van der Waals surface area (Å²) in [4.78, 5) is 5.38. The Morgan fingerprint density at radius 2 is 2.33 bits per heavy atom. The van der Waals surface area contributed by atoms with Crippen LogP contribution in [0.5, 0.6) is 0 Å². The molecular formula is C14H18FNO2. The molecule has 1 aliphatic carbocycles. The maximum atomic E-state index is 14.1. The fourth-order valence-corrected chi connectivity index (χ4v) is 3.30. The van der Waals surface area contributed by atoms with Gasteiger partial charge in [0.05, 0.1) is 18.2 Å². The molecule has 0 amide bonds. The Labute approximate surface area is 106 Å². The Morgan fingerprint density at radius 1 is 1.50 bits per heavy atom. The van der Waals surface area contributed by atoms with Gasteiger partial charge in [-0.2, -0.15) is 5.48 Å². The molecule has 3 rings (SSSR count). The van der Waals surface area contributed by atoms with E-state index in [9.17, 15) is 4.39 Å². The Balaban J connectivity index is 1.95. The zero-order valence-corrected chi connectivity index (χ0v) is 10.5. The molecule has 3 atom stereocenters. The van der Waals surface area contributed by atoms with E-state index in [1.54, 1.807) is 6.07 Å². The van der Waals surface area contributed by atoms with Crippen LogP contribution in [0.1, 0.15) is 25.3 Å². The van der Waals surface area contributed by atoms with Crippen LogP contribution >= 0.6 is 0 Å². The summed E-state index contributed by atoms with van der Waals surface area (Å²) in [7, 11) is 0. The number of nitrogens with one attached hydrogen (secondary N) is 1. The topological polar surface area (TPSA) is 30.5 Å². The molecule has 0 spiro atoms. The first-order valence-electron chi connectivity index (χ1n) is 6.52. The minimum atomic E-state index is -0.412. The van der Waals surface area contributed by atoms with Gasteiger partial charge in [0.15, 0.2) is 0 Å². The molecule has 18 heavy (non-hydrogen) atoms. The smallest absolute Gasteiger partial charge is 0.128 e. The van der Waals surface area contributed by atoms with Crippen molar-refractivity contribution in [1.82, 2.24) is 5.48 Å². The third-order valence-corrected chi connectivity index (χ3v) is 4.09. The first-order chi connectivity index (χ1) is 8.76. The van der Waals surface area contributed by atoms with Crippen LogP contribution in [0.4, 0.5) is 4.39 Å². The van der Waals surface area contributed by atoms with Crippen LogP contribution in [-0.4, -0.2) is 19.3 Å². The molecule has 1 saturated carbocycles. The highest BCUT2D eigenvalue weighted by Gasteiger charge is 2.53. The summed E-state index contributed by atoms with van der Waals surface area (Å²) in [5.41, 5.74) is 3.35. The molecule has 3 nitrogen and oxygen atoms in total. The molecule has 0 aromatic heterocycles. The van der Waals surface area contributed by atoms with Crippen LogP contribution in [0.2, 0.25) is 0 Å².